The van der Waals surface area contributed by atoms with E-state index in [9.17, 15) is 0 Å². The van der Waals surface area contributed by atoms with Gasteiger partial charge in [-0.05, 0) is 68.7 Å². The van der Waals surface area contributed by atoms with E-state index in [-0.39, 0.29) is 0 Å². The molecular formula is C19H24N2S. The van der Waals surface area contributed by atoms with Crippen LogP contribution >= 0.6 is 12.2 Å². The van der Waals surface area contributed by atoms with Gasteiger partial charge in [-0.1, -0.05) is 36.4 Å². The van der Waals surface area contributed by atoms with Crippen LogP contribution in [0.25, 0.3) is 0 Å². The lowest BCUT2D eigenvalue weighted by Crippen LogP contribution is -2.39. The molecule has 2 aromatic rings. The third-order valence-corrected chi connectivity index (χ3v) is 3.89. The molecule has 0 heterocycles. The summed E-state index contributed by atoms with van der Waals surface area (Å²) in [5.41, 5.74) is 4.80. The second-order valence-corrected chi connectivity index (χ2v) is 6.40. The molecule has 0 spiro atoms. The Balaban J connectivity index is 2.13. The standard InChI is InChI=1S/C19H24N2S/c1-14(2)21(13-17-8-6-5-7-9-17)19(22)20-18-11-15(3)10-16(4)12-18/h5-12,14H,13H2,1-4H3,(H,20,22). The lowest BCUT2D eigenvalue weighted by molar-refractivity contribution is 0.348. The van der Waals surface area contributed by atoms with Crippen molar-refractivity contribution >= 4 is 23.0 Å². The zero-order valence-electron chi connectivity index (χ0n) is 13.8. The Bertz CT molecular complexity index is 615. The number of nitrogens with one attached hydrogen (secondary N) is 1. The summed E-state index contributed by atoms with van der Waals surface area (Å²) in [5.74, 6) is 0. The van der Waals surface area contributed by atoms with Crippen molar-refractivity contribution in [2.24, 2.45) is 0 Å². The molecule has 1 N–H and O–H groups in total. The van der Waals surface area contributed by atoms with Gasteiger partial charge in [-0.2, -0.15) is 0 Å². The fourth-order valence-electron chi connectivity index (χ4n) is 2.51. The highest BCUT2D eigenvalue weighted by atomic mass is 32.1. The molecule has 0 radical (unpaired) electrons. The molecule has 0 aliphatic heterocycles. The molecule has 2 aromatic carbocycles. The molecule has 0 saturated heterocycles. The Morgan fingerprint density at radius 2 is 1.64 bits per heavy atom. The smallest absolute Gasteiger partial charge is 0.173 e. The first kappa shape index (κ1) is 16.5. The van der Waals surface area contributed by atoms with Crippen LogP contribution < -0.4 is 5.32 Å². The lowest BCUT2D eigenvalue weighted by Gasteiger charge is -2.30. The summed E-state index contributed by atoms with van der Waals surface area (Å²) < 4.78 is 0. The molecule has 0 unspecified atom stereocenters. The minimum Gasteiger partial charge on any atom is -0.342 e. The predicted molar refractivity (Wildman–Crippen MR) is 99.3 cm³/mol. The van der Waals surface area contributed by atoms with Crippen LogP contribution in [0.4, 0.5) is 5.69 Å². The fourth-order valence-corrected chi connectivity index (χ4v) is 2.90. The predicted octanol–water partition coefficient (Wildman–Crippen LogP) is 4.91. The van der Waals surface area contributed by atoms with E-state index in [0.29, 0.717) is 6.04 Å². The van der Waals surface area contributed by atoms with E-state index in [2.05, 4.69) is 80.4 Å². The molecule has 0 aliphatic carbocycles. The van der Waals surface area contributed by atoms with Crippen LogP contribution in [0.5, 0.6) is 0 Å². The van der Waals surface area contributed by atoms with Gasteiger partial charge in [0.25, 0.3) is 0 Å². The number of nitrogens with zero attached hydrogens (tertiary/aromatic N) is 1. The van der Waals surface area contributed by atoms with Crippen molar-refractivity contribution in [3.8, 4) is 0 Å². The molecule has 0 saturated carbocycles. The van der Waals surface area contributed by atoms with Crippen molar-refractivity contribution in [3.63, 3.8) is 0 Å². The number of hydrogen-bond donors (Lipinski definition) is 1. The molecule has 0 fully saturated rings. The summed E-state index contributed by atoms with van der Waals surface area (Å²) in [6.45, 7) is 9.35. The van der Waals surface area contributed by atoms with Crippen molar-refractivity contribution in [1.82, 2.24) is 4.90 Å². The molecule has 0 atom stereocenters. The van der Waals surface area contributed by atoms with E-state index in [1.807, 2.05) is 6.07 Å². The normalized spacial score (nSPS) is 10.6. The monoisotopic (exact) mass is 312 g/mol. The molecule has 22 heavy (non-hydrogen) atoms. The molecule has 0 bridgehead atoms. The summed E-state index contributed by atoms with van der Waals surface area (Å²) in [4.78, 5) is 2.21. The molecule has 0 aliphatic rings. The molecule has 0 amide bonds. The van der Waals surface area contributed by atoms with Gasteiger partial charge in [-0.15, -0.1) is 0 Å². The first-order valence-electron chi connectivity index (χ1n) is 7.65. The Labute approximate surface area is 139 Å². The van der Waals surface area contributed by atoms with E-state index in [4.69, 9.17) is 12.2 Å². The van der Waals surface area contributed by atoms with Crippen molar-refractivity contribution < 1.29 is 0 Å². The van der Waals surface area contributed by atoms with Gasteiger partial charge in [0.2, 0.25) is 0 Å². The van der Waals surface area contributed by atoms with Crippen LogP contribution in [-0.4, -0.2) is 16.1 Å². The molecular weight excluding hydrogens is 288 g/mol. The van der Waals surface area contributed by atoms with Gasteiger partial charge in [0.05, 0.1) is 0 Å². The lowest BCUT2D eigenvalue weighted by atomic mass is 10.1. The molecule has 116 valence electrons. The highest BCUT2D eigenvalue weighted by Crippen LogP contribution is 2.16. The maximum atomic E-state index is 5.63. The number of thiocarbonyl (C=S) groups is 1. The number of anilines is 1. The van der Waals surface area contributed by atoms with E-state index < -0.39 is 0 Å². The number of rotatable bonds is 4. The second-order valence-electron chi connectivity index (χ2n) is 6.01. The van der Waals surface area contributed by atoms with Crippen molar-refractivity contribution in [3.05, 3.63) is 65.2 Å². The summed E-state index contributed by atoms with van der Waals surface area (Å²) in [6.07, 6.45) is 0. The summed E-state index contributed by atoms with van der Waals surface area (Å²) in [7, 11) is 0. The van der Waals surface area contributed by atoms with Gasteiger partial charge in [-0.3, -0.25) is 0 Å². The van der Waals surface area contributed by atoms with Crippen LogP contribution in [-0.2, 0) is 6.54 Å². The number of benzene rings is 2. The van der Waals surface area contributed by atoms with Gasteiger partial charge in [0, 0.05) is 18.3 Å². The van der Waals surface area contributed by atoms with E-state index in [1.54, 1.807) is 0 Å². The summed E-state index contributed by atoms with van der Waals surface area (Å²) in [6, 6.07) is 17.2. The largest absolute Gasteiger partial charge is 0.342 e. The van der Waals surface area contributed by atoms with E-state index >= 15 is 0 Å². The van der Waals surface area contributed by atoms with Crippen LogP contribution in [0.15, 0.2) is 48.5 Å². The zero-order valence-corrected chi connectivity index (χ0v) is 14.6. The van der Waals surface area contributed by atoms with Gasteiger partial charge < -0.3 is 10.2 Å². The van der Waals surface area contributed by atoms with Crippen LogP contribution in [0, 0.1) is 13.8 Å². The van der Waals surface area contributed by atoms with Gasteiger partial charge in [-0.25, -0.2) is 0 Å². The first-order valence-corrected chi connectivity index (χ1v) is 8.06. The third-order valence-electron chi connectivity index (χ3n) is 3.55. The maximum absolute atomic E-state index is 5.63. The highest BCUT2D eigenvalue weighted by Gasteiger charge is 2.14. The Morgan fingerprint density at radius 1 is 1.05 bits per heavy atom. The van der Waals surface area contributed by atoms with Gasteiger partial charge in [0.15, 0.2) is 5.11 Å². The summed E-state index contributed by atoms with van der Waals surface area (Å²) in [5, 5.41) is 4.15. The second kappa shape index (κ2) is 7.41. The minimum atomic E-state index is 0.339. The topological polar surface area (TPSA) is 15.3 Å². The van der Waals surface area contributed by atoms with Crippen molar-refractivity contribution in [2.45, 2.75) is 40.3 Å². The van der Waals surface area contributed by atoms with E-state index in [1.165, 1.54) is 16.7 Å². The minimum absolute atomic E-state index is 0.339. The fraction of sp³-hybridized carbons (Fsp3) is 0.316. The molecule has 0 aromatic heterocycles. The third kappa shape index (κ3) is 4.57. The number of aryl methyl sites for hydroxylation is 2. The average Bonchev–Trinajstić information content (AvgIpc) is 2.44. The Hall–Kier alpha value is -1.87. The average molecular weight is 312 g/mol. The first-order chi connectivity index (χ1) is 10.5. The molecule has 3 heteroatoms. The maximum Gasteiger partial charge on any atom is 0.173 e. The van der Waals surface area contributed by atoms with Gasteiger partial charge in [0.1, 0.15) is 0 Å². The quantitative estimate of drug-likeness (QED) is 0.807. The van der Waals surface area contributed by atoms with Crippen LogP contribution in [0.3, 0.4) is 0 Å². The van der Waals surface area contributed by atoms with E-state index in [0.717, 1.165) is 17.3 Å². The van der Waals surface area contributed by atoms with Gasteiger partial charge >= 0.3 is 0 Å². The zero-order chi connectivity index (χ0) is 16.1. The van der Waals surface area contributed by atoms with Crippen molar-refractivity contribution in [1.29, 1.82) is 0 Å². The molecule has 2 nitrogen and oxygen atoms in total. The van der Waals surface area contributed by atoms with Crippen LogP contribution in [0.2, 0.25) is 0 Å². The van der Waals surface area contributed by atoms with Crippen molar-refractivity contribution in [2.75, 3.05) is 5.32 Å². The Kier molecular flexibility index (Phi) is 5.56. The highest BCUT2D eigenvalue weighted by molar-refractivity contribution is 7.80. The van der Waals surface area contributed by atoms with Crippen LogP contribution in [0.1, 0.15) is 30.5 Å². The SMILES string of the molecule is Cc1cc(C)cc(NC(=S)N(Cc2ccccc2)C(C)C)c1. The Morgan fingerprint density at radius 3 is 2.18 bits per heavy atom. The summed E-state index contributed by atoms with van der Waals surface area (Å²) >= 11 is 5.63. The molecule has 2 rings (SSSR count). The number of hydrogen-bond acceptors (Lipinski definition) is 1.